The van der Waals surface area contributed by atoms with E-state index in [1.165, 1.54) is 0 Å². The minimum Gasteiger partial charge on any atom is -0.481 e. The van der Waals surface area contributed by atoms with Gasteiger partial charge < -0.3 is 24.5 Å². The summed E-state index contributed by atoms with van der Waals surface area (Å²) in [5, 5.41) is 12.4. The number of aryl methyl sites for hydroxylation is 1. The van der Waals surface area contributed by atoms with Crippen LogP contribution in [0.2, 0.25) is 5.02 Å². The molecular formula is C25H29ClNO6PS. The number of amides is 1. The third-order valence-corrected chi connectivity index (χ3v) is 8.48. The number of likely N-dealkylation sites (tertiary alicyclic amines) is 1. The van der Waals surface area contributed by atoms with Gasteiger partial charge in [0.15, 0.2) is 6.35 Å². The average Bonchev–Trinajstić information content (AvgIpc) is 3.34. The second-order valence-electron chi connectivity index (χ2n) is 8.90. The van der Waals surface area contributed by atoms with Gasteiger partial charge in [-0.2, -0.15) is 0 Å². The molecule has 1 saturated heterocycles. The lowest BCUT2D eigenvalue weighted by molar-refractivity contribution is -0.129. The predicted octanol–water partition coefficient (Wildman–Crippen LogP) is 5.33. The highest BCUT2D eigenvalue weighted by Crippen LogP contribution is 2.37. The van der Waals surface area contributed by atoms with E-state index in [-0.39, 0.29) is 11.9 Å². The minimum atomic E-state index is -4.27. The number of carbonyl (C=O) groups excluding carboxylic acids is 1. The molecule has 0 aliphatic carbocycles. The Balaban J connectivity index is 1.29. The number of thiophene rings is 1. The van der Waals surface area contributed by atoms with Crippen LogP contribution >= 0.6 is 30.5 Å². The van der Waals surface area contributed by atoms with Crippen molar-refractivity contribution in [3.8, 4) is 5.75 Å². The van der Waals surface area contributed by atoms with Crippen LogP contribution < -0.4 is 4.74 Å². The first-order chi connectivity index (χ1) is 16.7. The average molecular weight is 538 g/mol. The molecule has 7 nitrogen and oxygen atoms in total. The van der Waals surface area contributed by atoms with E-state index in [2.05, 4.69) is 6.07 Å². The van der Waals surface area contributed by atoms with Crippen molar-refractivity contribution in [2.75, 3.05) is 6.35 Å². The van der Waals surface area contributed by atoms with Crippen LogP contribution in [0, 0.1) is 0 Å². The maximum atomic E-state index is 12.5. The van der Waals surface area contributed by atoms with Crippen LogP contribution in [-0.2, 0) is 22.3 Å². The van der Waals surface area contributed by atoms with Crippen molar-refractivity contribution in [2.45, 2.75) is 57.2 Å². The molecule has 1 fully saturated rings. The molecule has 0 radical (unpaired) electrons. The van der Waals surface area contributed by atoms with E-state index in [9.17, 15) is 14.5 Å². The molecule has 0 spiro atoms. The Morgan fingerprint density at radius 2 is 1.97 bits per heavy atom. The van der Waals surface area contributed by atoms with Crippen LogP contribution in [-0.4, -0.2) is 44.2 Å². The van der Waals surface area contributed by atoms with E-state index >= 15 is 0 Å². The lowest BCUT2D eigenvalue weighted by atomic mass is 10.0. The Morgan fingerprint density at radius 3 is 2.74 bits per heavy atom. The Kier molecular flexibility index (Phi) is 8.53. The van der Waals surface area contributed by atoms with Crippen LogP contribution in [0.4, 0.5) is 0 Å². The second kappa shape index (κ2) is 11.4. The molecule has 3 aromatic rings. The summed E-state index contributed by atoms with van der Waals surface area (Å²) in [6, 6.07) is 15.0. The molecule has 1 aliphatic rings. The summed E-state index contributed by atoms with van der Waals surface area (Å²) in [5.74, 6) is 0.424. The topological polar surface area (TPSA) is 107 Å². The predicted molar refractivity (Wildman–Crippen MR) is 138 cm³/mol. The number of halogens is 1. The van der Waals surface area contributed by atoms with Gasteiger partial charge in [-0.25, -0.2) is 0 Å². The monoisotopic (exact) mass is 537 g/mol. The fraction of sp³-hybridized carbons (Fsp3) is 0.400. The van der Waals surface area contributed by atoms with Gasteiger partial charge in [0, 0.05) is 34.0 Å². The van der Waals surface area contributed by atoms with Crippen LogP contribution in [0.1, 0.15) is 42.5 Å². The molecule has 1 aliphatic heterocycles. The Morgan fingerprint density at radius 1 is 1.17 bits per heavy atom. The van der Waals surface area contributed by atoms with Gasteiger partial charge in [-0.3, -0.25) is 9.36 Å². The quantitative estimate of drug-likeness (QED) is 0.285. The molecule has 0 saturated carbocycles. The van der Waals surface area contributed by atoms with Crippen LogP contribution in [0.3, 0.4) is 0 Å². The molecular weight excluding hydrogens is 509 g/mol. The van der Waals surface area contributed by atoms with Crippen molar-refractivity contribution in [1.82, 2.24) is 4.90 Å². The minimum absolute atomic E-state index is 0.0461. The molecule has 2 atom stereocenters. The highest BCUT2D eigenvalue weighted by molar-refractivity contribution is 7.51. The molecule has 0 bridgehead atoms. The number of aliphatic hydroxyl groups is 1. The summed E-state index contributed by atoms with van der Waals surface area (Å²) >= 11 is 8.19. The number of hydrogen-bond acceptors (Lipinski definition) is 5. The molecule has 4 rings (SSSR count). The molecule has 1 aromatic heterocycles. The van der Waals surface area contributed by atoms with Crippen molar-refractivity contribution >= 4 is 46.5 Å². The number of benzene rings is 2. The molecule has 1 unspecified atom stereocenters. The zero-order chi connectivity index (χ0) is 25.0. The van der Waals surface area contributed by atoms with Crippen molar-refractivity contribution in [2.24, 2.45) is 0 Å². The molecule has 3 N–H and O–H groups in total. The van der Waals surface area contributed by atoms with Gasteiger partial charge >= 0.3 is 7.60 Å². The number of fused-ring (bicyclic) bond motifs is 1. The van der Waals surface area contributed by atoms with Gasteiger partial charge in [-0.05, 0) is 55.9 Å². The lowest BCUT2D eigenvalue weighted by Gasteiger charge is -2.26. The van der Waals surface area contributed by atoms with E-state index in [0.29, 0.717) is 44.4 Å². The zero-order valence-corrected chi connectivity index (χ0v) is 21.6. The van der Waals surface area contributed by atoms with E-state index in [1.807, 2.05) is 29.2 Å². The standard InChI is InChI=1S/C25H29ClNO6PS/c26-25-21-6-1-2-7-22(21)35-23(25)12-11-19(28)10-8-18-9-13-24(29)27(18)15-17-4-3-5-20(14-17)33-16-34(30,31)32/h1-7,14,18-19,28H,8-13,15-16H2,(H2,30,31,32)/t18-,19?/m0/s1. The summed E-state index contributed by atoms with van der Waals surface area (Å²) in [6.45, 7) is 0.393. The summed E-state index contributed by atoms with van der Waals surface area (Å²) < 4.78 is 17.4. The first-order valence-electron chi connectivity index (χ1n) is 11.6. The van der Waals surface area contributed by atoms with Crippen molar-refractivity contribution in [1.29, 1.82) is 0 Å². The molecule has 35 heavy (non-hydrogen) atoms. The normalized spacial score (nSPS) is 17.3. The first kappa shape index (κ1) is 26.1. The number of rotatable bonds is 11. The van der Waals surface area contributed by atoms with Crippen molar-refractivity contribution < 1.29 is 29.0 Å². The number of nitrogens with zero attached hydrogens (tertiary/aromatic N) is 1. The summed E-state index contributed by atoms with van der Waals surface area (Å²) in [6.07, 6.45) is 2.71. The maximum Gasteiger partial charge on any atom is 0.362 e. The summed E-state index contributed by atoms with van der Waals surface area (Å²) in [5.41, 5.74) is 0.827. The molecule has 188 valence electrons. The fourth-order valence-electron chi connectivity index (χ4n) is 4.45. The van der Waals surface area contributed by atoms with Crippen molar-refractivity contribution in [3.63, 3.8) is 0 Å². The molecule has 2 heterocycles. The van der Waals surface area contributed by atoms with Gasteiger partial charge in [0.05, 0.1) is 11.1 Å². The maximum absolute atomic E-state index is 12.5. The van der Waals surface area contributed by atoms with Crippen LogP contribution in [0.25, 0.3) is 10.1 Å². The Bertz CT molecular complexity index is 1230. The summed E-state index contributed by atoms with van der Waals surface area (Å²) in [4.78, 5) is 33.5. The Labute approximate surface area is 213 Å². The Hall–Kier alpha value is -1.93. The van der Waals surface area contributed by atoms with Gasteiger partial charge in [0.2, 0.25) is 5.91 Å². The van der Waals surface area contributed by atoms with Gasteiger partial charge in [0.1, 0.15) is 5.75 Å². The van der Waals surface area contributed by atoms with E-state index in [1.54, 1.807) is 29.5 Å². The third kappa shape index (κ3) is 7.06. The first-order valence-corrected chi connectivity index (χ1v) is 14.6. The molecule has 10 heteroatoms. The fourth-order valence-corrected chi connectivity index (χ4v) is 6.31. The summed E-state index contributed by atoms with van der Waals surface area (Å²) in [7, 11) is -4.27. The third-order valence-electron chi connectivity index (χ3n) is 6.24. The smallest absolute Gasteiger partial charge is 0.362 e. The van der Waals surface area contributed by atoms with Gasteiger partial charge in [0.25, 0.3) is 0 Å². The highest BCUT2D eigenvalue weighted by Gasteiger charge is 2.31. The van der Waals surface area contributed by atoms with Crippen LogP contribution in [0.5, 0.6) is 5.75 Å². The van der Waals surface area contributed by atoms with E-state index < -0.39 is 20.0 Å². The lowest BCUT2D eigenvalue weighted by Crippen LogP contribution is -2.33. The van der Waals surface area contributed by atoms with Crippen molar-refractivity contribution in [3.05, 3.63) is 64.0 Å². The van der Waals surface area contributed by atoms with Gasteiger partial charge in [-0.1, -0.05) is 41.9 Å². The number of hydrogen-bond donors (Lipinski definition) is 3. The number of ether oxygens (including phenoxy) is 1. The van der Waals surface area contributed by atoms with Crippen LogP contribution in [0.15, 0.2) is 48.5 Å². The number of carbonyl (C=O) groups is 1. The van der Waals surface area contributed by atoms with E-state index in [0.717, 1.165) is 32.0 Å². The molecule has 1 amide bonds. The van der Waals surface area contributed by atoms with Gasteiger partial charge in [-0.15, -0.1) is 11.3 Å². The van der Waals surface area contributed by atoms with E-state index in [4.69, 9.17) is 26.1 Å². The highest BCUT2D eigenvalue weighted by atomic mass is 35.5. The molecule has 2 aromatic carbocycles. The largest absolute Gasteiger partial charge is 0.481 e. The number of aliphatic hydroxyl groups excluding tert-OH is 1. The SMILES string of the molecule is O=C1CC[C@H](CCC(O)CCc2sc3ccccc3c2Cl)N1Cc1cccc(OCP(=O)(O)O)c1. The zero-order valence-electron chi connectivity index (χ0n) is 19.2. The second-order valence-corrected chi connectivity index (χ2v) is 12.0.